The molecule has 1 aliphatic rings. The van der Waals surface area contributed by atoms with Crippen molar-refractivity contribution in [2.24, 2.45) is 0 Å². The number of para-hydroxylation sites is 1. The van der Waals surface area contributed by atoms with Gasteiger partial charge in [0, 0.05) is 18.2 Å². The lowest BCUT2D eigenvalue weighted by molar-refractivity contribution is -0.136. The van der Waals surface area contributed by atoms with Crippen molar-refractivity contribution in [1.29, 1.82) is 0 Å². The van der Waals surface area contributed by atoms with Gasteiger partial charge < -0.3 is 10.4 Å². The van der Waals surface area contributed by atoms with Crippen LogP contribution in [0.25, 0.3) is 0 Å². The molecule has 92 valence electrons. The van der Waals surface area contributed by atoms with E-state index in [4.69, 9.17) is 5.11 Å². The van der Waals surface area contributed by atoms with Crippen LogP contribution in [0.4, 0.5) is 5.69 Å². The highest BCUT2D eigenvalue weighted by Gasteiger charge is 2.15. The molecule has 0 spiro atoms. The van der Waals surface area contributed by atoms with Gasteiger partial charge in [-0.1, -0.05) is 31.0 Å². The van der Waals surface area contributed by atoms with Crippen molar-refractivity contribution in [2.75, 3.05) is 5.32 Å². The van der Waals surface area contributed by atoms with Crippen molar-refractivity contribution in [1.82, 2.24) is 0 Å². The average Bonchev–Trinajstić information content (AvgIpc) is 2.80. The number of carboxylic acid groups (broad SMARTS) is 1. The van der Waals surface area contributed by atoms with E-state index in [0.717, 1.165) is 11.3 Å². The van der Waals surface area contributed by atoms with Crippen molar-refractivity contribution in [3.63, 3.8) is 0 Å². The predicted molar refractivity (Wildman–Crippen MR) is 68.3 cm³/mol. The quantitative estimate of drug-likeness (QED) is 0.821. The minimum Gasteiger partial charge on any atom is -0.481 e. The molecule has 0 unspecified atom stereocenters. The fraction of sp³-hybridized carbons (Fsp3) is 0.500. The van der Waals surface area contributed by atoms with E-state index in [0.29, 0.717) is 12.5 Å². The number of carbonyl (C=O) groups is 1. The molecule has 1 aromatic rings. The van der Waals surface area contributed by atoms with Gasteiger partial charge in [-0.2, -0.15) is 0 Å². The molecule has 0 saturated heterocycles. The first-order valence-electron chi connectivity index (χ1n) is 6.32. The normalized spacial score (nSPS) is 16.0. The topological polar surface area (TPSA) is 49.3 Å². The first-order chi connectivity index (χ1) is 8.25. The number of hydrogen-bond donors (Lipinski definition) is 2. The third-order valence-corrected chi connectivity index (χ3v) is 3.34. The van der Waals surface area contributed by atoms with Crippen LogP contribution in [-0.4, -0.2) is 17.1 Å². The Morgan fingerprint density at radius 1 is 1.29 bits per heavy atom. The summed E-state index contributed by atoms with van der Waals surface area (Å²) in [6.45, 7) is 0. The van der Waals surface area contributed by atoms with Gasteiger partial charge in [0.25, 0.3) is 0 Å². The molecule has 1 saturated carbocycles. The third kappa shape index (κ3) is 3.48. The van der Waals surface area contributed by atoms with Crippen molar-refractivity contribution >= 4 is 11.7 Å². The Morgan fingerprint density at radius 2 is 2.00 bits per heavy atom. The summed E-state index contributed by atoms with van der Waals surface area (Å²) in [7, 11) is 0. The van der Waals surface area contributed by atoms with Crippen LogP contribution in [0, 0.1) is 0 Å². The molecule has 0 aromatic heterocycles. The molecule has 0 heterocycles. The molecular formula is C14H19NO2. The maximum atomic E-state index is 10.6. The summed E-state index contributed by atoms with van der Waals surface area (Å²) in [5.74, 6) is -0.735. The second-order valence-corrected chi connectivity index (χ2v) is 4.68. The average molecular weight is 233 g/mol. The molecule has 3 nitrogen and oxygen atoms in total. The first kappa shape index (κ1) is 12.0. The van der Waals surface area contributed by atoms with Gasteiger partial charge in [-0.3, -0.25) is 4.79 Å². The second-order valence-electron chi connectivity index (χ2n) is 4.68. The number of anilines is 1. The van der Waals surface area contributed by atoms with E-state index in [-0.39, 0.29) is 6.42 Å². The number of benzene rings is 1. The Morgan fingerprint density at radius 3 is 2.71 bits per heavy atom. The molecular weight excluding hydrogens is 214 g/mol. The number of aryl methyl sites for hydroxylation is 1. The van der Waals surface area contributed by atoms with Crippen molar-refractivity contribution < 1.29 is 9.90 Å². The van der Waals surface area contributed by atoms with Crippen LogP contribution >= 0.6 is 0 Å². The van der Waals surface area contributed by atoms with Gasteiger partial charge in [0.15, 0.2) is 0 Å². The van der Waals surface area contributed by atoms with E-state index in [2.05, 4.69) is 11.4 Å². The first-order valence-corrected chi connectivity index (χ1v) is 6.32. The molecule has 1 aromatic carbocycles. The van der Waals surface area contributed by atoms with E-state index in [1.165, 1.54) is 25.7 Å². The zero-order chi connectivity index (χ0) is 12.1. The van der Waals surface area contributed by atoms with Gasteiger partial charge in [-0.25, -0.2) is 0 Å². The Bertz CT molecular complexity index is 384. The van der Waals surface area contributed by atoms with E-state index < -0.39 is 5.97 Å². The minimum atomic E-state index is -0.735. The molecule has 2 N–H and O–H groups in total. The van der Waals surface area contributed by atoms with Crippen LogP contribution in [0.5, 0.6) is 0 Å². The van der Waals surface area contributed by atoms with E-state index in [1.807, 2.05) is 18.2 Å². The lowest BCUT2D eigenvalue weighted by Gasteiger charge is -2.16. The van der Waals surface area contributed by atoms with Crippen LogP contribution in [0.2, 0.25) is 0 Å². The molecule has 3 heteroatoms. The van der Waals surface area contributed by atoms with E-state index in [9.17, 15) is 4.79 Å². The van der Waals surface area contributed by atoms with Crippen molar-refractivity contribution in [2.45, 2.75) is 44.6 Å². The summed E-state index contributed by atoms with van der Waals surface area (Å²) in [5, 5.41) is 12.3. The molecule has 0 radical (unpaired) electrons. The van der Waals surface area contributed by atoms with Gasteiger partial charge in [-0.15, -0.1) is 0 Å². The van der Waals surface area contributed by atoms with Crippen LogP contribution in [0.3, 0.4) is 0 Å². The summed E-state index contributed by atoms with van der Waals surface area (Å²) < 4.78 is 0. The summed E-state index contributed by atoms with van der Waals surface area (Å²) >= 11 is 0. The third-order valence-electron chi connectivity index (χ3n) is 3.34. The molecule has 0 amide bonds. The largest absolute Gasteiger partial charge is 0.481 e. The molecule has 17 heavy (non-hydrogen) atoms. The number of aliphatic carboxylic acids is 1. The van der Waals surface area contributed by atoms with E-state index in [1.54, 1.807) is 0 Å². The van der Waals surface area contributed by atoms with Gasteiger partial charge in [0.2, 0.25) is 0 Å². The molecule has 0 atom stereocenters. The maximum Gasteiger partial charge on any atom is 0.303 e. The smallest absolute Gasteiger partial charge is 0.303 e. The summed E-state index contributed by atoms with van der Waals surface area (Å²) in [6, 6.07) is 8.61. The highest BCUT2D eigenvalue weighted by Crippen LogP contribution is 2.24. The van der Waals surface area contributed by atoms with Gasteiger partial charge >= 0.3 is 5.97 Å². The maximum absolute atomic E-state index is 10.6. The monoisotopic (exact) mass is 233 g/mol. The second kappa shape index (κ2) is 5.71. The predicted octanol–water partition coefficient (Wildman–Crippen LogP) is 3.06. The standard InChI is InChI=1S/C14H19NO2/c16-14(17)10-9-11-5-1-4-8-13(11)15-12-6-2-3-7-12/h1,4-5,8,12,15H,2-3,6-7,9-10H2,(H,16,17). The lowest BCUT2D eigenvalue weighted by atomic mass is 10.1. The van der Waals surface area contributed by atoms with Crippen molar-refractivity contribution in [3.8, 4) is 0 Å². The SMILES string of the molecule is O=C(O)CCc1ccccc1NC1CCCC1. The van der Waals surface area contributed by atoms with Crippen LogP contribution in [-0.2, 0) is 11.2 Å². The minimum absolute atomic E-state index is 0.198. The number of rotatable bonds is 5. The summed E-state index contributed by atoms with van der Waals surface area (Å²) in [4.78, 5) is 10.6. The van der Waals surface area contributed by atoms with Crippen LogP contribution in [0.15, 0.2) is 24.3 Å². The summed E-state index contributed by atoms with van der Waals surface area (Å²) in [5.41, 5.74) is 2.22. The highest BCUT2D eigenvalue weighted by molar-refractivity contribution is 5.67. The molecule has 0 aliphatic heterocycles. The molecule has 1 aliphatic carbocycles. The fourth-order valence-corrected chi connectivity index (χ4v) is 2.41. The van der Waals surface area contributed by atoms with Crippen LogP contribution < -0.4 is 5.32 Å². The molecule has 1 fully saturated rings. The number of nitrogens with one attached hydrogen (secondary N) is 1. The van der Waals surface area contributed by atoms with E-state index >= 15 is 0 Å². The van der Waals surface area contributed by atoms with Crippen molar-refractivity contribution in [3.05, 3.63) is 29.8 Å². The Kier molecular flexibility index (Phi) is 4.02. The lowest BCUT2D eigenvalue weighted by Crippen LogP contribution is -2.15. The highest BCUT2D eigenvalue weighted by atomic mass is 16.4. The Balaban J connectivity index is 2.01. The van der Waals surface area contributed by atoms with Crippen LogP contribution in [0.1, 0.15) is 37.7 Å². The fourth-order valence-electron chi connectivity index (χ4n) is 2.41. The zero-order valence-electron chi connectivity index (χ0n) is 9.98. The summed E-state index contributed by atoms with van der Waals surface area (Å²) in [6.07, 6.45) is 5.86. The Hall–Kier alpha value is -1.51. The van der Waals surface area contributed by atoms with Gasteiger partial charge in [0.05, 0.1) is 0 Å². The van der Waals surface area contributed by atoms with Gasteiger partial charge in [-0.05, 0) is 30.9 Å². The Labute approximate surface area is 102 Å². The number of hydrogen-bond acceptors (Lipinski definition) is 2. The van der Waals surface area contributed by atoms with Gasteiger partial charge in [0.1, 0.15) is 0 Å². The number of carboxylic acids is 1. The molecule has 0 bridgehead atoms. The molecule has 2 rings (SSSR count). The zero-order valence-corrected chi connectivity index (χ0v) is 9.98.